The van der Waals surface area contributed by atoms with Gasteiger partial charge in [0, 0.05) is 17.9 Å². The van der Waals surface area contributed by atoms with E-state index in [9.17, 15) is 9.50 Å². The quantitative estimate of drug-likeness (QED) is 0.814. The van der Waals surface area contributed by atoms with Crippen LogP contribution in [0.4, 0.5) is 4.39 Å². The van der Waals surface area contributed by atoms with Crippen LogP contribution in [0.2, 0.25) is 0 Å². The minimum absolute atomic E-state index is 0.00708. The van der Waals surface area contributed by atoms with E-state index < -0.39 is 0 Å². The molecule has 0 radical (unpaired) electrons. The van der Waals surface area contributed by atoms with Crippen LogP contribution in [0.5, 0.6) is 5.75 Å². The van der Waals surface area contributed by atoms with Gasteiger partial charge in [0.2, 0.25) is 0 Å². The molecule has 0 amide bonds. The van der Waals surface area contributed by atoms with E-state index >= 15 is 0 Å². The van der Waals surface area contributed by atoms with Crippen molar-refractivity contribution in [3.05, 3.63) is 29.6 Å². The van der Waals surface area contributed by atoms with Crippen molar-refractivity contribution in [2.24, 2.45) is 0 Å². The van der Waals surface area contributed by atoms with Gasteiger partial charge in [-0.3, -0.25) is 5.32 Å². The summed E-state index contributed by atoms with van der Waals surface area (Å²) >= 11 is 1.76. The van der Waals surface area contributed by atoms with Gasteiger partial charge >= 0.3 is 0 Å². The summed E-state index contributed by atoms with van der Waals surface area (Å²) in [5, 5.41) is 12.8. The average Bonchev–Trinajstić information content (AvgIpc) is 2.64. The van der Waals surface area contributed by atoms with Crippen molar-refractivity contribution in [3.63, 3.8) is 0 Å². The third kappa shape index (κ3) is 2.44. The van der Waals surface area contributed by atoms with Crippen LogP contribution in [-0.2, 0) is 0 Å². The standard InChI is InChI=1S/C11H14FNOS/c1-2-9-6-15-11(13-9)7-3-8(12)5-10(14)4-7/h3-5,9,11,13-14H,2,6H2,1H3. The molecule has 0 aromatic heterocycles. The summed E-state index contributed by atoms with van der Waals surface area (Å²) in [4.78, 5) is 0. The lowest BCUT2D eigenvalue weighted by molar-refractivity contribution is 0.466. The minimum atomic E-state index is -0.382. The van der Waals surface area contributed by atoms with E-state index in [1.54, 1.807) is 17.8 Å². The molecule has 2 atom stereocenters. The summed E-state index contributed by atoms with van der Waals surface area (Å²) in [6, 6.07) is 4.71. The molecule has 4 heteroatoms. The molecule has 1 saturated heterocycles. The maximum absolute atomic E-state index is 13.1. The Morgan fingerprint density at radius 1 is 1.53 bits per heavy atom. The Kier molecular flexibility index (Phi) is 3.17. The van der Waals surface area contributed by atoms with Crippen LogP contribution in [0.3, 0.4) is 0 Å². The van der Waals surface area contributed by atoms with Crippen molar-refractivity contribution < 1.29 is 9.50 Å². The van der Waals surface area contributed by atoms with E-state index in [1.165, 1.54) is 6.07 Å². The first kappa shape index (κ1) is 10.8. The number of benzene rings is 1. The SMILES string of the molecule is CCC1CSC(c2cc(O)cc(F)c2)N1. The molecule has 1 aliphatic rings. The zero-order chi connectivity index (χ0) is 10.8. The molecule has 0 bridgehead atoms. The number of phenolic OH excluding ortho intramolecular Hbond substituents is 1. The highest BCUT2D eigenvalue weighted by atomic mass is 32.2. The van der Waals surface area contributed by atoms with Gasteiger partial charge in [0.25, 0.3) is 0 Å². The van der Waals surface area contributed by atoms with Crippen LogP contribution < -0.4 is 5.32 Å². The molecular formula is C11H14FNOS. The number of hydrogen-bond acceptors (Lipinski definition) is 3. The fourth-order valence-corrected chi connectivity index (χ4v) is 3.07. The molecule has 2 N–H and O–H groups in total. The third-order valence-corrected chi connectivity index (χ3v) is 3.89. The molecular weight excluding hydrogens is 213 g/mol. The Morgan fingerprint density at radius 3 is 2.93 bits per heavy atom. The molecule has 1 aromatic carbocycles. The van der Waals surface area contributed by atoms with Gasteiger partial charge in [0.1, 0.15) is 11.6 Å². The lowest BCUT2D eigenvalue weighted by Gasteiger charge is -2.12. The zero-order valence-electron chi connectivity index (χ0n) is 8.53. The molecule has 0 aliphatic carbocycles. The van der Waals surface area contributed by atoms with E-state index in [0.29, 0.717) is 6.04 Å². The fraction of sp³-hybridized carbons (Fsp3) is 0.455. The maximum Gasteiger partial charge on any atom is 0.127 e. The molecule has 1 aliphatic heterocycles. The highest BCUT2D eigenvalue weighted by molar-refractivity contribution is 7.99. The van der Waals surface area contributed by atoms with Crippen LogP contribution in [0.15, 0.2) is 18.2 Å². The van der Waals surface area contributed by atoms with E-state index in [1.807, 2.05) is 0 Å². The van der Waals surface area contributed by atoms with Gasteiger partial charge in [0.05, 0.1) is 5.37 Å². The first-order valence-electron chi connectivity index (χ1n) is 5.06. The molecule has 2 unspecified atom stereocenters. The van der Waals surface area contributed by atoms with Gasteiger partial charge in [-0.25, -0.2) is 4.39 Å². The van der Waals surface area contributed by atoms with E-state index in [0.717, 1.165) is 23.8 Å². The number of aromatic hydroxyl groups is 1. The molecule has 1 heterocycles. The highest BCUT2D eigenvalue weighted by Gasteiger charge is 2.24. The Labute approximate surface area is 92.9 Å². The largest absolute Gasteiger partial charge is 0.508 e. The number of nitrogens with one attached hydrogen (secondary N) is 1. The average molecular weight is 227 g/mol. The van der Waals surface area contributed by atoms with Crippen LogP contribution in [-0.4, -0.2) is 16.9 Å². The lowest BCUT2D eigenvalue weighted by atomic mass is 10.2. The third-order valence-electron chi connectivity index (χ3n) is 2.55. The number of phenols is 1. The molecule has 0 spiro atoms. The summed E-state index contributed by atoms with van der Waals surface area (Å²) < 4.78 is 13.1. The molecule has 82 valence electrons. The Hall–Kier alpha value is -0.740. The van der Waals surface area contributed by atoms with Gasteiger partial charge in [-0.1, -0.05) is 6.92 Å². The van der Waals surface area contributed by atoms with Crippen molar-refractivity contribution in [2.45, 2.75) is 24.8 Å². The van der Waals surface area contributed by atoms with Gasteiger partial charge in [-0.2, -0.15) is 0 Å². The summed E-state index contributed by atoms with van der Waals surface area (Å²) in [5.74, 6) is 0.651. The second-order valence-electron chi connectivity index (χ2n) is 3.73. The van der Waals surface area contributed by atoms with Gasteiger partial charge in [0.15, 0.2) is 0 Å². The number of halogens is 1. The summed E-state index contributed by atoms with van der Waals surface area (Å²) in [7, 11) is 0. The molecule has 15 heavy (non-hydrogen) atoms. The summed E-state index contributed by atoms with van der Waals surface area (Å²) in [6.07, 6.45) is 1.07. The van der Waals surface area contributed by atoms with Gasteiger partial charge in [-0.15, -0.1) is 11.8 Å². The van der Waals surface area contributed by atoms with Gasteiger partial charge in [-0.05, 0) is 24.1 Å². The summed E-state index contributed by atoms with van der Waals surface area (Å²) in [6.45, 7) is 2.13. The monoisotopic (exact) mass is 227 g/mol. The topological polar surface area (TPSA) is 32.3 Å². The summed E-state index contributed by atoms with van der Waals surface area (Å²) in [5.41, 5.74) is 0.813. The van der Waals surface area contributed by atoms with E-state index in [2.05, 4.69) is 12.2 Å². The Bertz CT molecular complexity index is 338. The van der Waals surface area contributed by atoms with Crippen LogP contribution in [0.25, 0.3) is 0 Å². The Balaban J connectivity index is 2.16. The smallest absolute Gasteiger partial charge is 0.127 e. The van der Waals surface area contributed by atoms with E-state index in [4.69, 9.17) is 0 Å². The number of thioether (sulfide) groups is 1. The van der Waals surface area contributed by atoms with E-state index in [-0.39, 0.29) is 16.9 Å². The van der Waals surface area contributed by atoms with Crippen LogP contribution in [0.1, 0.15) is 24.3 Å². The maximum atomic E-state index is 13.1. The van der Waals surface area contributed by atoms with Gasteiger partial charge < -0.3 is 5.11 Å². The van der Waals surface area contributed by atoms with Crippen molar-refractivity contribution >= 4 is 11.8 Å². The Morgan fingerprint density at radius 2 is 2.33 bits per heavy atom. The predicted molar refractivity (Wildman–Crippen MR) is 60.5 cm³/mol. The normalized spacial score (nSPS) is 25.7. The van der Waals surface area contributed by atoms with Crippen LogP contribution in [0, 0.1) is 5.82 Å². The molecule has 1 fully saturated rings. The second-order valence-corrected chi connectivity index (χ2v) is 4.87. The zero-order valence-corrected chi connectivity index (χ0v) is 9.35. The molecule has 2 nitrogen and oxygen atoms in total. The number of rotatable bonds is 2. The fourth-order valence-electron chi connectivity index (χ4n) is 1.70. The molecule has 2 rings (SSSR count). The number of hydrogen-bond donors (Lipinski definition) is 2. The minimum Gasteiger partial charge on any atom is -0.508 e. The molecule has 1 aromatic rings. The second kappa shape index (κ2) is 4.41. The van der Waals surface area contributed by atoms with Crippen molar-refractivity contribution in [1.29, 1.82) is 0 Å². The van der Waals surface area contributed by atoms with Crippen molar-refractivity contribution in [1.82, 2.24) is 5.32 Å². The first-order chi connectivity index (χ1) is 7.19. The molecule has 0 saturated carbocycles. The van der Waals surface area contributed by atoms with Crippen molar-refractivity contribution in [2.75, 3.05) is 5.75 Å². The first-order valence-corrected chi connectivity index (χ1v) is 6.11. The van der Waals surface area contributed by atoms with Crippen molar-refractivity contribution in [3.8, 4) is 5.75 Å². The van der Waals surface area contributed by atoms with Crippen LogP contribution >= 0.6 is 11.8 Å². The predicted octanol–water partition coefficient (Wildman–Crippen LogP) is 2.64. The lowest BCUT2D eigenvalue weighted by Crippen LogP contribution is -2.24. The highest BCUT2D eigenvalue weighted by Crippen LogP contribution is 2.35.